The van der Waals surface area contributed by atoms with E-state index in [-0.39, 0.29) is 0 Å². The van der Waals surface area contributed by atoms with E-state index in [1.165, 1.54) is 0 Å². The molecule has 0 aromatic heterocycles. The van der Waals surface area contributed by atoms with Gasteiger partial charge in [-0.15, -0.1) is 0 Å². The maximum Gasteiger partial charge on any atom is -0.0264 e. The van der Waals surface area contributed by atoms with Crippen LogP contribution in [0.4, 0.5) is 0 Å². The van der Waals surface area contributed by atoms with Crippen molar-refractivity contribution in [1.29, 1.82) is 0 Å². The van der Waals surface area contributed by atoms with Crippen LogP contribution in [0.2, 0.25) is 0 Å². The number of hydrogen-bond donors (Lipinski definition) is 2. The maximum atomic E-state index is 5.38. The Morgan fingerprint density at radius 3 is 1.60 bits per heavy atom. The Labute approximate surface area is 35.8 Å². The summed E-state index contributed by atoms with van der Waals surface area (Å²) >= 11 is 0. The third-order valence-corrected chi connectivity index (χ3v) is 0. The lowest BCUT2D eigenvalue weighted by atomic mass is 11.9. The lowest BCUT2D eigenvalue weighted by Crippen LogP contribution is -2.12. The molecule has 0 atom stereocenters. The van der Waals surface area contributed by atoms with Gasteiger partial charge in [0.15, 0.2) is 0 Å². The van der Waals surface area contributed by atoms with Crippen molar-refractivity contribution in [1.82, 2.24) is 0 Å². The van der Waals surface area contributed by atoms with Crippen LogP contribution < -0.4 is 5.14 Å². The molecule has 0 bridgehead atoms. The summed E-state index contributed by atoms with van der Waals surface area (Å²) in [7, 11) is 2.22. The Kier molecular flexibility index (Phi) is 1.54. The Morgan fingerprint density at radius 2 is 1.60 bits per heavy atom. The minimum atomic E-state index is -1.08. The lowest BCUT2D eigenvalue weighted by molar-refractivity contribution is 1.92. The Balaban J connectivity index is 3.47. The van der Waals surface area contributed by atoms with Gasteiger partial charge in [0.25, 0.3) is 0 Å². The largest absolute Gasteiger partial charge is 0.298 e. The van der Waals surface area contributed by atoms with Gasteiger partial charge in [0.1, 0.15) is 0 Å². The second-order valence-corrected chi connectivity index (χ2v) is 8.08. The normalized spacial score (nSPS) is 15.0. The molecule has 2 N–H and O–H groups in total. The van der Waals surface area contributed by atoms with Crippen LogP contribution in [0.3, 0.4) is 0 Å². The van der Waals surface area contributed by atoms with E-state index in [4.69, 9.17) is 5.14 Å². The highest BCUT2D eigenvalue weighted by atomic mass is 32.5. The summed E-state index contributed by atoms with van der Waals surface area (Å²) in [5, 5.41) is 5.38. The molecule has 0 unspecified atom stereocenters. The van der Waals surface area contributed by atoms with E-state index in [0.29, 0.717) is 0 Å². The highest BCUT2D eigenvalue weighted by molar-refractivity contribution is 8.27. The van der Waals surface area contributed by atoms with Crippen molar-refractivity contribution in [2.45, 2.75) is 0 Å². The molecule has 0 aliphatic rings. The number of nitrogens with two attached hydrogens (primary N) is 1. The van der Waals surface area contributed by atoms with E-state index in [1.54, 1.807) is 0 Å². The average Bonchev–Trinajstić information content (AvgIpc) is 0.722. The lowest BCUT2D eigenvalue weighted by Gasteiger charge is -2.03. The fraction of sp³-hybridized carbons (Fsp3) is 1.00. The third kappa shape index (κ3) is 84.4. The zero-order valence-corrected chi connectivity index (χ0v) is 5.42. The molecule has 1 nitrogen and oxygen atoms in total. The van der Waals surface area contributed by atoms with Crippen molar-refractivity contribution in [2.75, 3.05) is 12.5 Å². The van der Waals surface area contributed by atoms with Crippen molar-refractivity contribution in [3.63, 3.8) is 0 Å². The highest BCUT2D eigenvalue weighted by Crippen LogP contribution is 1.84. The SMILES string of the molecule is C[SH](C)(N)=P. The summed E-state index contributed by atoms with van der Waals surface area (Å²) in [6, 6.07) is 0. The fourth-order valence-corrected chi connectivity index (χ4v) is 0. The van der Waals surface area contributed by atoms with Gasteiger partial charge in [-0.25, -0.2) is 9.39 Å². The molecular formula is C2H10NPS. The first-order valence-corrected chi connectivity index (χ1v) is 5.47. The van der Waals surface area contributed by atoms with Gasteiger partial charge in [0.05, 0.1) is 0 Å². The van der Waals surface area contributed by atoms with Crippen LogP contribution >= 0.6 is 8.02 Å². The zero-order valence-electron chi connectivity index (χ0n) is 3.52. The average molecular weight is 111 g/mol. The predicted octanol–water partition coefficient (Wildman–Crippen LogP) is 0.0638. The summed E-state index contributed by atoms with van der Waals surface area (Å²) in [6.07, 6.45) is 3.98. The van der Waals surface area contributed by atoms with Gasteiger partial charge in [-0.05, 0) is 12.5 Å². The molecule has 0 saturated carbocycles. The van der Waals surface area contributed by atoms with Gasteiger partial charge < -0.3 is 0 Å². The van der Waals surface area contributed by atoms with Crippen LogP contribution in [0, 0.1) is 0 Å². The summed E-state index contributed by atoms with van der Waals surface area (Å²) in [5.41, 5.74) is 0. The summed E-state index contributed by atoms with van der Waals surface area (Å²) < 4.78 is 0. The first-order valence-electron chi connectivity index (χ1n) is 1.38. The number of rotatable bonds is 0. The fourth-order valence-electron chi connectivity index (χ4n) is 0. The van der Waals surface area contributed by atoms with E-state index in [1.807, 2.05) is 12.5 Å². The second kappa shape index (κ2) is 1.38. The quantitative estimate of drug-likeness (QED) is 0.335. The third-order valence-electron chi connectivity index (χ3n) is 0. The van der Waals surface area contributed by atoms with E-state index in [9.17, 15) is 0 Å². The van der Waals surface area contributed by atoms with Crippen LogP contribution in [-0.2, 0) is 9.39 Å². The molecule has 0 saturated heterocycles. The maximum absolute atomic E-state index is 5.38. The van der Waals surface area contributed by atoms with Crippen LogP contribution in [0.1, 0.15) is 0 Å². The van der Waals surface area contributed by atoms with Crippen molar-refractivity contribution >= 4 is 17.4 Å². The van der Waals surface area contributed by atoms with Gasteiger partial charge in [-0.3, -0.25) is 5.14 Å². The van der Waals surface area contributed by atoms with Gasteiger partial charge in [-0.2, -0.15) is 0 Å². The number of hydrogen-bond acceptors (Lipinski definition) is 0. The molecule has 0 amide bonds. The van der Waals surface area contributed by atoms with Gasteiger partial charge >= 0.3 is 0 Å². The van der Waals surface area contributed by atoms with Crippen molar-refractivity contribution in [3.8, 4) is 0 Å². The zero-order chi connectivity index (χ0) is 4.50. The monoisotopic (exact) mass is 111 g/mol. The molecule has 0 rings (SSSR count). The molecule has 0 heterocycles. The van der Waals surface area contributed by atoms with E-state index >= 15 is 0 Å². The summed E-state index contributed by atoms with van der Waals surface area (Å²) in [5.74, 6) is 0. The highest BCUT2D eigenvalue weighted by Gasteiger charge is 1.72. The predicted molar refractivity (Wildman–Crippen MR) is 33.1 cm³/mol. The molecule has 0 fully saturated rings. The molecule has 0 aliphatic heterocycles. The van der Waals surface area contributed by atoms with Crippen molar-refractivity contribution in [3.05, 3.63) is 0 Å². The standard InChI is InChI=1S/C2H10NPS/c1-5(2,3)4/h4-5H,3H2,1-2H3. The molecule has 0 aromatic rings. The van der Waals surface area contributed by atoms with Crippen LogP contribution in [0.25, 0.3) is 0 Å². The van der Waals surface area contributed by atoms with E-state index in [0.717, 1.165) is 0 Å². The van der Waals surface area contributed by atoms with Crippen molar-refractivity contribution < 1.29 is 0 Å². The molecule has 0 spiro atoms. The second-order valence-electron chi connectivity index (χ2n) is 1.54. The smallest absolute Gasteiger partial charge is 0.0264 e. The van der Waals surface area contributed by atoms with Crippen LogP contribution in [-0.4, -0.2) is 12.5 Å². The summed E-state index contributed by atoms with van der Waals surface area (Å²) in [6.45, 7) is 0. The van der Waals surface area contributed by atoms with E-state index in [2.05, 4.69) is 8.02 Å². The van der Waals surface area contributed by atoms with Crippen LogP contribution in [0.15, 0.2) is 0 Å². The minimum absolute atomic E-state index is 1.08. The van der Waals surface area contributed by atoms with Crippen molar-refractivity contribution in [2.24, 2.45) is 5.14 Å². The molecular weight excluding hydrogens is 101 g/mol. The minimum Gasteiger partial charge on any atom is -0.298 e. The Morgan fingerprint density at radius 1 is 1.60 bits per heavy atom. The topological polar surface area (TPSA) is 26.0 Å². The van der Waals surface area contributed by atoms with Gasteiger partial charge in [0.2, 0.25) is 0 Å². The molecule has 3 heteroatoms. The summed E-state index contributed by atoms with van der Waals surface area (Å²) in [4.78, 5) is 0. The molecule has 5 heavy (non-hydrogen) atoms. The molecule has 0 aliphatic carbocycles. The first-order chi connectivity index (χ1) is 2.00. The first kappa shape index (κ1) is 5.61. The Bertz CT molecular complexity index is 55.8. The molecule has 0 radical (unpaired) electrons. The molecule has 0 aromatic carbocycles. The van der Waals surface area contributed by atoms with Crippen LogP contribution in [0.5, 0.6) is 0 Å². The van der Waals surface area contributed by atoms with E-state index < -0.39 is 9.39 Å². The Hall–Kier alpha value is 0.610. The number of thiol groups is 1. The van der Waals surface area contributed by atoms with Gasteiger partial charge in [-0.1, -0.05) is 8.02 Å². The van der Waals surface area contributed by atoms with Gasteiger partial charge in [0, 0.05) is 0 Å². The molecule has 34 valence electrons.